The maximum atomic E-state index is 11.1. The molecule has 0 spiro atoms. The van der Waals surface area contributed by atoms with Crippen LogP contribution < -0.4 is 5.32 Å². The summed E-state index contributed by atoms with van der Waals surface area (Å²) in [7, 11) is 0. The third-order valence-corrected chi connectivity index (χ3v) is 3.22. The first kappa shape index (κ1) is 14.2. The molecule has 3 heteroatoms. The molecular formula is C12H23NO2. The van der Waals surface area contributed by atoms with Crippen molar-refractivity contribution in [2.45, 2.75) is 46.6 Å². The van der Waals surface area contributed by atoms with Crippen LogP contribution in [0.3, 0.4) is 0 Å². The van der Waals surface area contributed by atoms with Gasteiger partial charge in [-0.1, -0.05) is 5.57 Å². The van der Waals surface area contributed by atoms with E-state index in [-0.39, 0.29) is 0 Å². The Balaban J connectivity index is 4.41. The van der Waals surface area contributed by atoms with Crippen LogP contribution in [0.15, 0.2) is 12.2 Å². The van der Waals surface area contributed by atoms with E-state index in [9.17, 15) is 4.79 Å². The molecule has 15 heavy (non-hydrogen) atoms. The smallest absolute Gasteiger partial charge is 0.310 e. The van der Waals surface area contributed by atoms with Gasteiger partial charge in [0.1, 0.15) is 0 Å². The number of carbonyl (C=O) groups is 1. The highest BCUT2D eigenvalue weighted by Gasteiger charge is 2.42. The van der Waals surface area contributed by atoms with E-state index in [2.05, 4.69) is 11.9 Å². The van der Waals surface area contributed by atoms with Gasteiger partial charge in [-0.2, -0.15) is 0 Å². The first-order valence-electron chi connectivity index (χ1n) is 5.24. The van der Waals surface area contributed by atoms with E-state index in [0.29, 0.717) is 0 Å². The fourth-order valence-electron chi connectivity index (χ4n) is 1.08. The molecule has 0 aliphatic heterocycles. The molecule has 0 unspecified atom stereocenters. The molecule has 0 aromatic rings. The molecule has 0 aromatic heterocycles. The van der Waals surface area contributed by atoms with Gasteiger partial charge in [0, 0.05) is 5.54 Å². The Kier molecular flexibility index (Phi) is 4.53. The molecule has 0 saturated heterocycles. The summed E-state index contributed by atoms with van der Waals surface area (Å²) in [6, 6.07) is 0. The molecule has 2 N–H and O–H groups in total. The van der Waals surface area contributed by atoms with Gasteiger partial charge >= 0.3 is 5.97 Å². The first-order valence-corrected chi connectivity index (χ1v) is 5.24. The zero-order valence-electron chi connectivity index (χ0n) is 10.5. The summed E-state index contributed by atoms with van der Waals surface area (Å²) in [5.41, 5.74) is -0.123. The summed E-state index contributed by atoms with van der Waals surface area (Å²) in [6.45, 7) is 13.9. The van der Waals surface area contributed by atoms with Gasteiger partial charge in [-0.25, -0.2) is 0 Å². The van der Waals surface area contributed by atoms with Crippen LogP contribution in [-0.2, 0) is 4.79 Å². The van der Waals surface area contributed by atoms with Crippen LogP contribution in [0, 0.1) is 5.41 Å². The zero-order chi connectivity index (χ0) is 12.3. The normalized spacial score (nSPS) is 12.6. The zero-order valence-corrected chi connectivity index (χ0v) is 10.5. The Hall–Kier alpha value is -0.830. The third kappa shape index (κ3) is 3.67. The van der Waals surface area contributed by atoms with Gasteiger partial charge < -0.3 is 10.4 Å². The van der Waals surface area contributed by atoms with Gasteiger partial charge in [-0.3, -0.25) is 4.79 Å². The molecule has 0 aliphatic rings. The van der Waals surface area contributed by atoms with Crippen molar-refractivity contribution in [2.75, 3.05) is 6.54 Å². The van der Waals surface area contributed by atoms with Gasteiger partial charge in [-0.15, -0.1) is 6.58 Å². The second-order valence-corrected chi connectivity index (χ2v) is 5.19. The third-order valence-electron chi connectivity index (χ3n) is 3.22. The Labute approximate surface area is 92.6 Å². The molecular weight excluding hydrogens is 190 g/mol. The van der Waals surface area contributed by atoms with Crippen molar-refractivity contribution in [3.8, 4) is 0 Å². The van der Waals surface area contributed by atoms with E-state index in [0.717, 1.165) is 18.5 Å². The maximum absolute atomic E-state index is 11.1. The van der Waals surface area contributed by atoms with Crippen molar-refractivity contribution in [1.82, 2.24) is 5.32 Å². The molecule has 0 aromatic carbocycles. The number of rotatable bonds is 6. The average molecular weight is 213 g/mol. The van der Waals surface area contributed by atoms with E-state index in [1.165, 1.54) is 0 Å². The SMILES string of the molecule is C=C(C)CCNC(C)(C)C(C)(C)C(=O)O. The highest BCUT2D eigenvalue weighted by molar-refractivity contribution is 5.75. The monoisotopic (exact) mass is 213 g/mol. The molecule has 0 saturated carbocycles. The summed E-state index contributed by atoms with van der Waals surface area (Å²) in [5.74, 6) is -0.782. The number of hydrogen-bond acceptors (Lipinski definition) is 2. The molecule has 3 nitrogen and oxygen atoms in total. The number of carboxylic acid groups (broad SMARTS) is 1. The van der Waals surface area contributed by atoms with E-state index >= 15 is 0 Å². The minimum Gasteiger partial charge on any atom is -0.481 e. The molecule has 0 fully saturated rings. The van der Waals surface area contributed by atoms with E-state index in [4.69, 9.17) is 5.11 Å². The van der Waals surface area contributed by atoms with Crippen LogP contribution in [0.1, 0.15) is 41.0 Å². The second kappa shape index (κ2) is 4.79. The minimum atomic E-state index is -0.790. The van der Waals surface area contributed by atoms with Crippen molar-refractivity contribution in [2.24, 2.45) is 5.41 Å². The lowest BCUT2D eigenvalue weighted by molar-refractivity contribution is -0.151. The van der Waals surface area contributed by atoms with Crippen molar-refractivity contribution < 1.29 is 9.90 Å². The number of hydrogen-bond donors (Lipinski definition) is 2. The van der Waals surface area contributed by atoms with Gasteiger partial charge in [0.05, 0.1) is 5.41 Å². The van der Waals surface area contributed by atoms with Gasteiger partial charge in [0.25, 0.3) is 0 Å². The minimum absolute atomic E-state index is 0.436. The van der Waals surface area contributed by atoms with Gasteiger partial charge in [-0.05, 0) is 47.6 Å². The molecule has 0 rings (SSSR count). The highest BCUT2D eigenvalue weighted by Crippen LogP contribution is 2.30. The number of carboxylic acids is 1. The lowest BCUT2D eigenvalue weighted by Gasteiger charge is -2.39. The summed E-state index contributed by atoms with van der Waals surface area (Å²) in [4.78, 5) is 11.1. The molecule has 88 valence electrons. The first-order chi connectivity index (χ1) is 6.61. The molecule has 0 heterocycles. The van der Waals surface area contributed by atoms with Crippen molar-refractivity contribution in [1.29, 1.82) is 0 Å². The summed E-state index contributed by atoms with van der Waals surface area (Å²) in [5, 5.41) is 12.4. The molecule has 0 aliphatic carbocycles. The molecule has 0 atom stereocenters. The van der Waals surface area contributed by atoms with E-state index in [1.807, 2.05) is 20.8 Å². The quantitative estimate of drug-likeness (QED) is 0.666. The highest BCUT2D eigenvalue weighted by atomic mass is 16.4. The van der Waals surface area contributed by atoms with Crippen molar-refractivity contribution in [3.05, 3.63) is 12.2 Å². The van der Waals surface area contributed by atoms with Gasteiger partial charge in [0.2, 0.25) is 0 Å². The molecule has 0 radical (unpaired) electrons. The Morgan fingerprint density at radius 3 is 2.13 bits per heavy atom. The number of nitrogens with one attached hydrogen (secondary N) is 1. The van der Waals surface area contributed by atoms with E-state index < -0.39 is 16.9 Å². The summed E-state index contributed by atoms with van der Waals surface area (Å²) >= 11 is 0. The Bertz CT molecular complexity index is 254. The fraction of sp³-hybridized carbons (Fsp3) is 0.750. The predicted octanol–water partition coefficient (Wildman–Crippen LogP) is 2.43. The predicted molar refractivity (Wildman–Crippen MR) is 62.9 cm³/mol. The topological polar surface area (TPSA) is 49.3 Å². The van der Waals surface area contributed by atoms with Crippen LogP contribution >= 0.6 is 0 Å². The van der Waals surface area contributed by atoms with Crippen LogP contribution in [-0.4, -0.2) is 23.2 Å². The maximum Gasteiger partial charge on any atom is 0.310 e. The molecule has 0 amide bonds. The van der Waals surface area contributed by atoms with Crippen molar-refractivity contribution in [3.63, 3.8) is 0 Å². The van der Waals surface area contributed by atoms with Crippen LogP contribution in [0.4, 0.5) is 0 Å². The Morgan fingerprint density at radius 1 is 1.33 bits per heavy atom. The van der Waals surface area contributed by atoms with Crippen LogP contribution in [0.5, 0.6) is 0 Å². The van der Waals surface area contributed by atoms with Crippen molar-refractivity contribution >= 4 is 5.97 Å². The van der Waals surface area contributed by atoms with E-state index in [1.54, 1.807) is 13.8 Å². The standard InChI is InChI=1S/C12H23NO2/c1-9(2)7-8-13-12(5,6)11(3,4)10(14)15/h13H,1,7-8H2,2-6H3,(H,14,15). The average Bonchev–Trinajstić information content (AvgIpc) is 2.02. The lowest BCUT2D eigenvalue weighted by atomic mass is 9.74. The summed E-state index contributed by atoms with van der Waals surface area (Å²) < 4.78 is 0. The Morgan fingerprint density at radius 2 is 1.80 bits per heavy atom. The fourth-order valence-corrected chi connectivity index (χ4v) is 1.08. The second-order valence-electron chi connectivity index (χ2n) is 5.19. The summed E-state index contributed by atoms with van der Waals surface area (Å²) in [6.07, 6.45) is 0.874. The van der Waals surface area contributed by atoms with Crippen LogP contribution in [0.25, 0.3) is 0 Å². The number of aliphatic carboxylic acids is 1. The van der Waals surface area contributed by atoms with Crippen LogP contribution in [0.2, 0.25) is 0 Å². The van der Waals surface area contributed by atoms with Gasteiger partial charge in [0.15, 0.2) is 0 Å². The lowest BCUT2D eigenvalue weighted by Crippen LogP contribution is -2.55. The molecule has 0 bridgehead atoms. The largest absolute Gasteiger partial charge is 0.481 e.